The fourth-order valence-electron chi connectivity index (χ4n) is 1.13. The Morgan fingerprint density at radius 2 is 2.38 bits per heavy atom. The lowest BCUT2D eigenvalue weighted by Gasteiger charge is -2.23. The molecule has 5 nitrogen and oxygen atoms in total. The van der Waals surface area contributed by atoms with Gasteiger partial charge in [-0.2, -0.15) is 0 Å². The number of amides is 1. The maximum atomic E-state index is 12.0. The minimum Gasteiger partial charge on any atom is -0.394 e. The van der Waals surface area contributed by atoms with Gasteiger partial charge in [-0.05, 0) is 13.0 Å². The highest BCUT2D eigenvalue weighted by Crippen LogP contribution is 2.18. The number of anilines is 1. The quantitative estimate of drug-likeness (QED) is 0.822. The molecule has 0 radical (unpaired) electrons. The molecule has 1 aromatic heterocycles. The smallest absolute Gasteiger partial charge is 0.255 e. The molecule has 1 rings (SSSR count). The van der Waals surface area contributed by atoms with E-state index in [2.05, 4.69) is 4.98 Å². The zero-order chi connectivity index (χ0) is 12.3. The number of carbonyl (C=O) groups is 1. The van der Waals surface area contributed by atoms with Crippen molar-refractivity contribution in [3.8, 4) is 0 Å². The lowest BCUT2D eigenvalue weighted by Crippen LogP contribution is -2.37. The van der Waals surface area contributed by atoms with Crippen LogP contribution < -0.4 is 5.73 Å². The molecule has 3 N–H and O–H groups in total. The molecule has 0 aliphatic heterocycles. The number of rotatable bonds is 3. The Bertz CT molecular complexity index is 398. The van der Waals surface area contributed by atoms with Gasteiger partial charge in [0.1, 0.15) is 5.82 Å². The van der Waals surface area contributed by atoms with Gasteiger partial charge >= 0.3 is 0 Å². The fraction of sp³-hybridized carbons (Fsp3) is 0.400. The van der Waals surface area contributed by atoms with E-state index in [1.165, 1.54) is 17.2 Å². The minimum atomic E-state index is -0.291. The number of nitrogens with zero attached hydrogens (tertiary/aromatic N) is 2. The van der Waals surface area contributed by atoms with E-state index in [-0.39, 0.29) is 35.0 Å². The number of nitrogens with two attached hydrogens (primary N) is 1. The zero-order valence-corrected chi connectivity index (χ0v) is 9.90. The molecule has 16 heavy (non-hydrogen) atoms. The van der Waals surface area contributed by atoms with Crippen molar-refractivity contribution in [3.63, 3.8) is 0 Å². The summed E-state index contributed by atoms with van der Waals surface area (Å²) in [6, 6.07) is 1.14. The Kier molecular flexibility index (Phi) is 4.09. The van der Waals surface area contributed by atoms with Crippen LogP contribution >= 0.6 is 11.6 Å². The summed E-state index contributed by atoms with van der Waals surface area (Å²) in [4.78, 5) is 17.1. The van der Waals surface area contributed by atoms with E-state index < -0.39 is 0 Å². The van der Waals surface area contributed by atoms with Gasteiger partial charge in [-0.15, -0.1) is 0 Å². The van der Waals surface area contributed by atoms with E-state index in [4.69, 9.17) is 22.4 Å². The van der Waals surface area contributed by atoms with E-state index in [0.29, 0.717) is 0 Å². The second kappa shape index (κ2) is 5.14. The third kappa shape index (κ3) is 2.62. The highest BCUT2D eigenvalue weighted by Gasteiger charge is 2.19. The van der Waals surface area contributed by atoms with Crippen LogP contribution in [0.1, 0.15) is 17.3 Å². The van der Waals surface area contributed by atoms with Crippen molar-refractivity contribution in [2.45, 2.75) is 13.0 Å². The molecular formula is C10H14ClN3O2. The van der Waals surface area contributed by atoms with Crippen LogP contribution in [-0.4, -0.2) is 40.6 Å². The summed E-state index contributed by atoms with van der Waals surface area (Å²) in [5.74, 6) is -0.0570. The molecule has 1 aromatic rings. The molecule has 0 aromatic carbocycles. The first-order valence-electron chi connectivity index (χ1n) is 4.76. The Morgan fingerprint density at radius 3 is 2.94 bits per heavy atom. The third-order valence-corrected chi connectivity index (χ3v) is 2.65. The zero-order valence-electron chi connectivity index (χ0n) is 9.14. The first kappa shape index (κ1) is 12.7. The molecule has 88 valence electrons. The van der Waals surface area contributed by atoms with Crippen LogP contribution in [0.3, 0.4) is 0 Å². The summed E-state index contributed by atoms with van der Waals surface area (Å²) >= 11 is 5.85. The predicted molar refractivity (Wildman–Crippen MR) is 62.3 cm³/mol. The summed E-state index contributed by atoms with van der Waals surface area (Å²) < 4.78 is 0. The number of aliphatic hydroxyl groups is 1. The number of likely N-dealkylation sites (N-methyl/N-ethyl adjacent to an activating group) is 1. The van der Waals surface area contributed by atoms with Crippen molar-refractivity contribution in [3.05, 3.63) is 22.8 Å². The van der Waals surface area contributed by atoms with Gasteiger partial charge in [0.15, 0.2) is 0 Å². The van der Waals surface area contributed by atoms with Crippen LogP contribution in [0.5, 0.6) is 0 Å². The topological polar surface area (TPSA) is 79.5 Å². The highest BCUT2D eigenvalue weighted by atomic mass is 35.5. The molecule has 0 aliphatic carbocycles. The average Bonchev–Trinajstić information content (AvgIpc) is 2.29. The molecule has 1 unspecified atom stereocenters. The highest BCUT2D eigenvalue weighted by molar-refractivity contribution is 6.33. The standard InChI is InChI=1S/C10H14ClN3O2/c1-6(5-15)14(2)10(16)7-3-9(12)13-4-8(7)11/h3-4,6,15H,5H2,1-2H3,(H2,12,13). The number of aromatic nitrogens is 1. The van der Waals surface area contributed by atoms with Crippen LogP contribution in [-0.2, 0) is 0 Å². The van der Waals surface area contributed by atoms with Crippen LogP contribution in [0.25, 0.3) is 0 Å². The van der Waals surface area contributed by atoms with Crippen molar-refractivity contribution >= 4 is 23.3 Å². The van der Waals surface area contributed by atoms with Gasteiger partial charge in [-0.1, -0.05) is 11.6 Å². The molecule has 1 heterocycles. The molecule has 0 fully saturated rings. The van der Waals surface area contributed by atoms with Gasteiger partial charge in [0, 0.05) is 13.2 Å². The molecule has 1 atom stereocenters. The Balaban J connectivity index is 3.00. The fourth-order valence-corrected chi connectivity index (χ4v) is 1.32. The van der Waals surface area contributed by atoms with Gasteiger partial charge in [-0.25, -0.2) is 4.98 Å². The minimum absolute atomic E-state index is 0.111. The molecule has 1 amide bonds. The van der Waals surface area contributed by atoms with Gasteiger partial charge in [0.2, 0.25) is 0 Å². The van der Waals surface area contributed by atoms with Crippen molar-refractivity contribution in [1.82, 2.24) is 9.88 Å². The van der Waals surface area contributed by atoms with E-state index in [0.717, 1.165) is 0 Å². The molecule has 0 bridgehead atoms. The van der Waals surface area contributed by atoms with Crippen LogP contribution in [0.4, 0.5) is 5.82 Å². The second-order valence-electron chi connectivity index (χ2n) is 3.54. The van der Waals surface area contributed by atoms with Gasteiger partial charge in [0.25, 0.3) is 5.91 Å². The maximum Gasteiger partial charge on any atom is 0.255 e. The van der Waals surface area contributed by atoms with E-state index in [9.17, 15) is 4.79 Å². The summed E-state index contributed by atoms with van der Waals surface area (Å²) in [5.41, 5.74) is 5.77. The summed E-state index contributed by atoms with van der Waals surface area (Å²) in [7, 11) is 1.59. The van der Waals surface area contributed by atoms with Crippen LogP contribution in [0.15, 0.2) is 12.3 Å². The average molecular weight is 244 g/mol. The van der Waals surface area contributed by atoms with Crippen molar-refractivity contribution < 1.29 is 9.90 Å². The normalized spacial score (nSPS) is 12.2. The third-order valence-electron chi connectivity index (χ3n) is 2.35. The second-order valence-corrected chi connectivity index (χ2v) is 3.94. The number of hydrogen-bond acceptors (Lipinski definition) is 4. The van der Waals surface area contributed by atoms with E-state index >= 15 is 0 Å². The summed E-state index contributed by atoms with van der Waals surface area (Å²) in [6.07, 6.45) is 1.33. The predicted octanol–water partition coefficient (Wildman–Crippen LogP) is 0.770. The molecule has 6 heteroatoms. The number of nitrogen functional groups attached to an aromatic ring is 1. The number of pyridine rings is 1. The van der Waals surface area contributed by atoms with Gasteiger partial charge < -0.3 is 15.7 Å². The molecule has 0 aliphatic rings. The first-order valence-corrected chi connectivity index (χ1v) is 5.14. The number of carbonyl (C=O) groups excluding carboxylic acids is 1. The molecule has 0 saturated heterocycles. The number of halogens is 1. The van der Waals surface area contributed by atoms with E-state index in [1.54, 1.807) is 14.0 Å². The Hall–Kier alpha value is -1.33. The molecular weight excluding hydrogens is 230 g/mol. The largest absolute Gasteiger partial charge is 0.394 e. The van der Waals surface area contributed by atoms with Crippen molar-refractivity contribution in [1.29, 1.82) is 0 Å². The molecule has 0 spiro atoms. The summed E-state index contributed by atoms with van der Waals surface area (Å²) in [5, 5.41) is 9.21. The number of aliphatic hydroxyl groups excluding tert-OH is 1. The van der Waals surface area contributed by atoms with Gasteiger partial charge in [-0.3, -0.25) is 4.79 Å². The lowest BCUT2D eigenvalue weighted by molar-refractivity contribution is 0.0682. The van der Waals surface area contributed by atoms with Crippen molar-refractivity contribution in [2.75, 3.05) is 19.4 Å². The Morgan fingerprint density at radius 1 is 1.75 bits per heavy atom. The van der Waals surface area contributed by atoms with Crippen LogP contribution in [0.2, 0.25) is 5.02 Å². The van der Waals surface area contributed by atoms with Crippen LogP contribution in [0, 0.1) is 0 Å². The SMILES string of the molecule is CC(CO)N(C)C(=O)c1cc(N)ncc1Cl. The molecule has 0 saturated carbocycles. The van der Waals surface area contributed by atoms with Gasteiger partial charge in [0.05, 0.1) is 23.2 Å². The van der Waals surface area contributed by atoms with Crippen molar-refractivity contribution in [2.24, 2.45) is 0 Å². The van der Waals surface area contributed by atoms with E-state index in [1.807, 2.05) is 0 Å². The first-order chi connectivity index (χ1) is 7.47. The Labute approximate surface area is 98.8 Å². The number of hydrogen-bond donors (Lipinski definition) is 2. The summed E-state index contributed by atoms with van der Waals surface area (Å²) in [6.45, 7) is 1.62. The monoisotopic (exact) mass is 243 g/mol. The lowest BCUT2D eigenvalue weighted by atomic mass is 10.2. The maximum absolute atomic E-state index is 12.0.